The van der Waals surface area contributed by atoms with E-state index in [9.17, 15) is 18.0 Å². The molecule has 0 aromatic heterocycles. The number of hydrazine groups is 1. The van der Waals surface area contributed by atoms with E-state index in [0.29, 0.717) is 41.2 Å². The Morgan fingerprint density at radius 2 is 1.67 bits per heavy atom. The maximum atomic E-state index is 14.3. The van der Waals surface area contributed by atoms with Crippen LogP contribution in [0.2, 0.25) is 0 Å². The molecule has 0 unspecified atom stereocenters. The van der Waals surface area contributed by atoms with E-state index in [-0.39, 0.29) is 25.5 Å². The Labute approximate surface area is 264 Å². The molecule has 1 aliphatic rings. The second kappa shape index (κ2) is 14.5. The number of ether oxygens (including phenoxy) is 3. The Hall–Kier alpha value is -4.87. The van der Waals surface area contributed by atoms with Gasteiger partial charge in [0, 0.05) is 31.6 Å². The zero-order valence-electron chi connectivity index (χ0n) is 25.1. The molecule has 3 N–H and O–H groups in total. The van der Waals surface area contributed by atoms with Crippen molar-refractivity contribution in [3.8, 4) is 11.5 Å². The lowest BCUT2D eigenvalue weighted by Gasteiger charge is -2.31. The van der Waals surface area contributed by atoms with Crippen LogP contribution in [0.3, 0.4) is 0 Å². The highest BCUT2D eigenvalue weighted by Gasteiger charge is 2.53. The molecule has 8 nitrogen and oxygen atoms in total. The van der Waals surface area contributed by atoms with Crippen molar-refractivity contribution in [2.45, 2.75) is 37.2 Å². The summed E-state index contributed by atoms with van der Waals surface area (Å²) in [6, 6.07) is 28.5. The average molecular weight is 634 g/mol. The number of aliphatic hydroxyl groups is 1. The number of rotatable bonds is 13. The number of hydrogen-bond donors (Lipinski definition) is 3. The Kier molecular flexibility index (Phi) is 10.2. The van der Waals surface area contributed by atoms with Crippen LogP contribution in [0, 0.1) is 0 Å². The molecule has 0 aliphatic carbocycles. The first-order valence-corrected chi connectivity index (χ1v) is 14.7. The molecule has 46 heavy (non-hydrogen) atoms. The fourth-order valence-electron chi connectivity index (χ4n) is 5.14. The van der Waals surface area contributed by atoms with Gasteiger partial charge in [-0.1, -0.05) is 54.6 Å². The first kappa shape index (κ1) is 32.5. The molecule has 1 amide bonds. The van der Waals surface area contributed by atoms with Gasteiger partial charge in [0.1, 0.15) is 11.5 Å². The molecule has 4 aromatic carbocycles. The van der Waals surface area contributed by atoms with E-state index in [1.807, 2.05) is 42.5 Å². The van der Waals surface area contributed by atoms with Crippen LogP contribution >= 0.6 is 0 Å². The Bertz CT molecular complexity index is 1630. The third-order valence-electron chi connectivity index (χ3n) is 7.52. The van der Waals surface area contributed by atoms with Gasteiger partial charge in [0.25, 0.3) is 5.91 Å². The van der Waals surface area contributed by atoms with Crippen molar-refractivity contribution in [2.75, 3.05) is 20.3 Å². The average Bonchev–Trinajstić information content (AvgIpc) is 3.46. The first-order valence-electron chi connectivity index (χ1n) is 14.7. The molecule has 0 bridgehead atoms. The number of methoxy groups -OCH3 is 1. The van der Waals surface area contributed by atoms with Crippen molar-refractivity contribution in [3.05, 3.63) is 131 Å². The minimum absolute atomic E-state index is 0.0269. The number of alkyl halides is 3. The molecule has 1 aliphatic heterocycles. The second-order valence-corrected chi connectivity index (χ2v) is 10.7. The zero-order valence-corrected chi connectivity index (χ0v) is 25.1. The molecule has 1 heterocycles. The highest BCUT2D eigenvalue weighted by atomic mass is 19.4. The lowest BCUT2D eigenvalue weighted by Crippen LogP contribution is -2.53. The number of aliphatic imine (C=N–C) groups is 1. The van der Waals surface area contributed by atoms with Crippen LogP contribution in [0.5, 0.6) is 11.5 Å². The molecule has 5 rings (SSSR count). The highest BCUT2D eigenvalue weighted by Crippen LogP contribution is 2.43. The van der Waals surface area contributed by atoms with Gasteiger partial charge in [0.2, 0.25) is 5.90 Å². The maximum absolute atomic E-state index is 14.3. The second-order valence-electron chi connectivity index (χ2n) is 10.7. The number of hydrogen-bond acceptors (Lipinski definition) is 7. The largest absolute Gasteiger partial charge is 0.497 e. The molecule has 0 radical (unpaired) electrons. The van der Waals surface area contributed by atoms with Crippen LogP contribution < -0.4 is 20.3 Å². The molecular weight excluding hydrogens is 599 g/mol. The van der Waals surface area contributed by atoms with Gasteiger partial charge in [-0.25, -0.2) is 10.4 Å². The van der Waals surface area contributed by atoms with Gasteiger partial charge in [0.05, 0.1) is 19.3 Å². The lowest BCUT2D eigenvalue weighted by atomic mass is 9.82. The molecular formula is C35H34F3N3O5. The summed E-state index contributed by atoms with van der Waals surface area (Å²) in [5, 5.41) is 9.04. The van der Waals surface area contributed by atoms with Crippen molar-refractivity contribution in [1.82, 2.24) is 10.9 Å². The number of benzene rings is 4. The van der Waals surface area contributed by atoms with E-state index >= 15 is 0 Å². The molecule has 240 valence electrons. The van der Waals surface area contributed by atoms with Crippen LogP contribution in [-0.2, 0) is 28.7 Å². The smallest absolute Gasteiger partial charge is 0.416 e. The number of carbonyl (C=O) groups is 1. The maximum Gasteiger partial charge on any atom is 0.416 e. The van der Waals surface area contributed by atoms with Gasteiger partial charge in [-0.2, -0.15) is 13.2 Å². The Morgan fingerprint density at radius 1 is 0.935 bits per heavy atom. The number of amides is 1. The molecule has 0 spiro atoms. The van der Waals surface area contributed by atoms with E-state index in [1.165, 1.54) is 12.1 Å². The summed E-state index contributed by atoms with van der Waals surface area (Å²) >= 11 is 0. The summed E-state index contributed by atoms with van der Waals surface area (Å²) < 4.78 is 56.7. The van der Waals surface area contributed by atoms with Gasteiger partial charge in [-0.3, -0.25) is 10.2 Å². The number of nitrogens with zero attached hydrogens (tertiary/aromatic N) is 1. The molecule has 11 heteroatoms. The van der Waals surface area contributed by atoms with Crippen molar-refractivity contribution in [1.29, 1.82) is 0 Å². The van der Waals surface area contributed by atoms with E-state index in [2.05, 4.69) is 10.9 Å². The number of nitrogens with one attached hydrogen (secondary N) is 2. The van der Waals surface area contributed by atoms with Crippen LogP contribution in [0.25, 0.3) is 0 Å². The minimum Gasteiger partial charge on any atom is -0.497 e. The van der Waals surface area contributed by atoms with Gasteiger partial charge < -0.3 is 19.3 Å². The van der Waals surface area contributed by atoms with Crippen LogP contribution in [-0.4, -0.2) is 42.8 Å². The molecule has 0 saturated heterocycles. The summed E-state index contributed by atoms with van der Waals surface area (Å²) in [6.07, 6.45) is -4.63. The number of aliphatic hydroxyl groups excluding tert-OH is 1. The molecule has 2 atom stereocenters. The zero-order chi connectivity index (χ0) is 32.6. The van der Waals surface area contributed by atoms with Crippen LogP contribution in [0.4, 0.5) is 13.2 Å². The van der Waals surface area contributed by atoms with Crippen molar-refractivity contribution in [3.63, 3.8) is 0 Å². The van der Waals surface area contributed by atoms with Gasteiger partial charge in [0.15, 0.2) is 11.6 Å². The van der Waals surface area contributed by atoms with E-state index < -0.39 is 29.3 Å². The van der Waals surface area contributed by atoms with E-state index in [4.69, 9.17) is 24.3 Å². The molecule has 0 saturated carbocycles. The highest BCUT2D eigenvalue weighted by molar-refractivity contribution is 6.01. The van der Waals surface area contributed by atoms with E-state index in [0.717, 1.165) is 17.7 Å². The molecule has 0 fully saturated rings. The van der Waals surface area contributed by atoms with Crippen molar-refractivity contribution in [2.24, 2.45) is 4.99 Å². The minimum atomic E-state index is -4.44. The van der Waals surface area contributed by atoms with Gasteiger partial charge in [-0.05, 0) is 65.2 Å². The van der Waals surface area contributed by atoms with Crippen molar-refractivity contribution >= 4 is 11.8 Å². The SMILES string of the molecule is COc1cccc([C@@H]2OC(c3ccc(OCCCO)cc3)=N[C@]2(Cc2ccccc2)C(=O)NNCc2ccc(C(F)(F)F)cc2)c1. The quantitative estimate of drug-likeness (QED) is 0.127. The van der Waals surface area contributed by atoms with Crippen molar-refractivity contribution < 1.29 is 37.3 Å². The Balaban J connectivity index is 1.48. The third-order valence-corrected chi connectivity index (χ3v) is 7.52. The summed E-state index contributed by atoms with van der Waals surface area (Å²) in [6.45, 7) is 0.467. The normalized spacial score (nSPS) is 17.6. The van der Waals surface area contributed by atoms with Crippen LogP contribution in [0.1, 0.15) is 40.3 Å². The third kappa shape index (κ3) is 7.67. The molecule has 4 aromatic rings. The summed E-state index contributed by atoms with van der Waals surface area (Å²) in [4.78, 5) is 19.3. The summed E-state index contributed by atoms with van der Waals surface area (Å²) in [5.41, 5.74) is 6.04. The standard InChI is InChI=1S/C35H34F3N3O5/c1-44-30-10-5-9-27(21-30)31-34(22-24-7-3-2-4-8-24,33(43)41-39-23-25-11-15-28(16-12-25)35(36,37)38)40-32(46-31)26-13-17-29(18-14-26)45-20-6-19-42/h2-5,7-18,21,31,39,42H,6,19-20,22-23H2,1H3,(H,41,43)/t31-,34-/m0/s1. The van der Waals surface area contributed by atoms with Crippen LogP contribution in [0.15, 0.2) is 108 Å². The fraction of sp³-hybridized carbons (Fsp3) is 0.257. The fourth-order valence-corrected chi connectivity index (χ4v) is 5.14. The first-order chi connectivity index (χ1) is 22.2. The predicted molar refractivity (Wildman–Crippen MR) is 166 cm³/mol. The van der Waals surface area contributed by atoms with Gasteiger partial charge >= 0.3 is 6.18 Å². The lowest BCUT2D eigenvalue weighted by molar-refractivity contribution is -0.137. The van der Waals surface area contributed by atoms with Gasteiger partial charge in [-0.15, -0.1) is 0 Å². The number of halogens is 3. The van der Waals surface area contributed by atoms with E-state index in [1.54, 1.807) is 43.5 Å². The monoisotopic (exact) mass is 633 g/mol. The number of carbonyl (C=O) groups excluding carboxylic acids is 1. The Morgan fingerprint density at radius 3 is 2.35 bits per heavy atom. The predicted octanol–water partition coefficient (Wildman–Crippen LogP) is 5.80. The topological polar surface area (TPSA) is 101 Å². The summed E-state index contributed by atoms with van der Waals surface area (Å²) in [5.74, 6) is 0.952. The summed E-state index contributed by atoms with van der Waals surface area (Å²) in [7, 11) is 1.55.